The lowest BCUT2D eigenvalue weighted by molar-refractivity contribution is -0.121. The minimum absolute atomic E-state index is 0.0261. The van der Waals surface area contributed by atoms with Crippen LogP contribution in [0.25, 0.3) is 5.65 Å². The van der Waals surface area contributed by atoms with Crippen molar-refractivity contribution in [2.24, 2.45) is 23.2 Å². The van der Waals surface area contributed by atoms with Crippen LogP contribution in [0.4, 0.5) is 0 Å². The maximum Gasteiger partial charge on any atom is 0.268 e. The van der Waals surface area contributed by atoms with Crippen LogP contribution in [0.15, 0.2) is 24.4 Å². The molecule has 0 radical (unpaired) electrons. The molecule has 2 amide bonds. The first-order valence-electron chi connectivity index (χ1n) is 11.7. The Balaban J connectivity index is 1.24. The fraction of sp³-hybridized carbons (Fsp3) is 0.625. The van der Waals surface area contributed by atoms with Crippen molar-refractivity contribution in [2.75, 3.05) is 19.6 Å². The second kappa shape index (κ2) is 7.93. The van der Waals surface area contributed by atoms with Gasteiger partial charge in [-0.05, 0) is 67.5 Å². The Morgan fingerprint density at radius 1 is 1.26 bits per heavy atom. The first-order valence-corrected chi connectivity index (χ1v) is 11.7. The smallest absolute Gasteiger partial charge is 0.268 e. The monoisotopic (exact) mass is 423 g/mol. The average Bonchev–Trinajstić information content (AvgIpc) is 3.40. The molecule has 3 N–H and O–H groups in total. The normalized spacial score (nSPS) is 28.8. The van der Waals surface area contributed by atoms with Gasteiger partial charge in [0.2, 0.25) is 5.91 Å². The molecule has 3 heterocycles. The maximum absolute atomic E-state index is 13.0. The molecule has 2 aromatic rings. The van der Waals surface area contributed by atoms with Crippen LogP contribution in [-0.2, 0) is 11.2 Å². The molecule has 166 valence electrons. The van der Waals surface area contributed by atoms with Crippen LogP contribution in [0.5, 0.6) is 0 Å². The summed E-state index contributed by atoms with van der Waals surface area (Å²) in [7, 11) is 0. The molecule has 3 saturated carbocycles. The molecule has 6 rings (SSSR count). The van der Waals surface area contributed by atoms with Gasteiger partial charge < -0.3 is 16.0 Å². The van der Waals surface area contributed by atoms with Crippen LogP contribution in [0, 0.1) is 23.2 Å². The minimum atomic E-state index is -0.0738. The summed E-state index contributed by atoms with van der Waals surface area (Å²) >= 11 is 0. The molecule has 2 bridgehead atoms. The van der Waals surface area contributed by atoms with Crippen molar-refractivity contribution < 1.29 is 9.59 Å². The van der Waals surface area contributed by atoms with Crippen LogP contribution in [0.2, 0.25) is 0 Å². The molecule has 1 saturated heterocycles. The summed E-state index contributed by atoms with van der Waals surface area (Å²) < 4.78 is 1.80. The standard InChI is InChI=1S/C24H33N5O2/c1-24(2)16-7-6-15(19(24)10-16)12-26-23(31)20-4-3-5-21-27-18(14-29(20)21)11-22(30)28-17-8-9-25-13-17/h3-5,14-17,19,25H,6-13H2,1-2H3,(H,26,31)(H,28,30)/t15-,16+,17?,19-/m0/s1. The summed E-state index contributed by atoms with van der Waals surface area (Å²) in [6, 6.07) is 5.74. The van der Waals surface area contributed by atoms with Gasteiger partial charge in [0.15, 0.2) is 0 Å². The number of rotatable bonds is 6. The molecule has 2 aromatic heterocycles. The van der Waals surface area contributed by atoms with E-state index in [2.05, 4.69) is 34.8 Å². The average molecular weight is 424 g/mol. The van der Waals surface area contributed by atoms with Gasteiger partial charge in [-0.25, -0.2) is 4.98 Å². The zero-order valence-electron chi connectivity index (χ0n) is 18.5. The van der Waals surface area contributed by atoms with Crippen molar-refractivity contribution in [3.05, 3.63) is 35.8 Å². The molecular formula is C24H33N5O2. The molecule has 7 nitrogen and oxygen atoms in total. The third-order valence-electron chi connectivity index (χ3n) is 8.07. The van der Waals surface area contributed by atoms with Crippen molar-refractivity contribution in [3.8, 4) is 0 Å². The SMILES string of the molecule is CC1(C)[C@@H]2CC[C@@H](CNC(=O)c3cccc4nc(CC(=O)NC5CCNC5)cn34)[C@@H]1C2. The van der Waals surface area contributed by atoms with Gasteiger partial charge in [0.05, 0.1) is 12.1 Å². The molecular weight excluding hydrogens is 390 g/mol. The number of amides is 2. The van der Waals surface area contributed by atoms with E-state index in [1.165, 1.54) is 19.3 Å². The molecule has 4 aliphatic rings. The van der Waals surface area contributed by atoms with Crippen LogP contribution in [0.1, 0.15) is 55.7 Å². The predicted octanol–water partition coefficient (Wildman–Crippen LogP) is 2.16. The van der Waals surface area contributed by atoms with Crippen molar-refractivity contribution in [1.29, 1.82) is 0 Å². The lowest BCUT2D eigenvalue weighted by atomic mass is 9.45. The van der Waals surface area contributed by atoms with Crippen molar-refractivity contribution in [1.82, 2.24) is 25.3 Å². The summed E-state index contributed by atoms with van der Waals surface area (Å²) in [6.45, 7) is 7.26. The van der Waals surface area contributed by atoms with Crippen LogP contribution >= 0.6 is 0 Å². The molecule has 31 heavy (non-hydrogen) atoms. The number of pyridine rings is 1. The molecule has 4 fully saturated rings. The lowest BCUT2D eigenvalue weighted by Gasteiger charge is -2.60. The highest BCUT2D eigenvalue weighted by atomic mass is 16.2. The molecule has 7 heteroatoms. The maximum atomic E-state index is 13.0. The van der Waals surface area contributed by atoms with Crippen molar-refractivity contribution in [3.63, 3.8) is 0 Å². The van der Waals surface area contributed by atoms with Gasteiger partial charge in [0.25, 0.3) is 5.91 Å². The Hall–Kier alpha value is -2.41. The topological polar surface area (TPSA) is 87.5 Å². The van der Waals surface area contributed by atoms with E-state index < -0.39 is 0 Å². The molecule has 4 atom stereocenters. The Bertz CT molecular complexity index is 989. The quantitative estimate of drug-likeness (QED) is 0.664. The van der Waals surface area contributed by atoms with E-state index in [-0.39, 0.29) is 24.3 Å². The van der Waals surface area contributed by atoms with Crippen LogP contribution < -0.4 is 16.0 Å². The van der Waals surface area contributed by atoms with Gasteiger partial charge in [-0.2, -0.15) is 0 Å². The summed E-state index contributed by atoms with van der Waals surface area (Å²) in [5.41, 5.74) is 2.36. The molecule has 3 aliphatic carbocycles. The Labute approximate surface area is 183 Å². The Morgan fingerprint density at radius 3 is 2.87 bits per heavy atom. The highest BCUT2D eigenvalue weighted by Gasteiger charge is 2.53. The number of carbonyl (C=O) groups is 2. The highest BCUT2D eigenvalue weighted by Crippen LogP contribution is 2.61. The van der Waals surface area contributed by atoms with E-state index in [0.29, 0.717) is 28.4 Å². The third-order valence-corrected chi connectivity index (χ3v) is 8.07. The van der Waals surface area contributed by atoms with Gasteiger partial charge in [0.1, 0.15) is 11.3 Å². The van der Waals surface area contributed by atoms with Crippen LogP contribution in [-0.4, -0.2) is 46.9 Å². The number of imidazole rings is 1. The number of fused-ring (bicyclic) bond motifs is 3. The second-order valence-corrected chi connectivity index (χ2v) is 10.2. The van der Waals surface area contributed by atoms with E-state index in [9.17, 15) is 9.59 Å². The van der Waals surface area contributed by atoms with Gasteiger partial charge in [-0.15, -0.1) is 0 Å². The van der Waals surface area contributed by atoms with Gasteiger partial charge in [-0.3, -0.25) is 14.0 Å². The minimum Gasteiger partial charge on any atom is -0.352 e. The fourth-order valence-electron chi connectivity index (χ4n) is 6.07. The number of hydrogen-bond donors (Lipinski definition) is 3. The number of aromatic nitrogens is 2. The lowest BCUT2D eigenvalue weighted by Crippen LogP contribution is -2.54. The van der Waals surface area contributed by atoms with Crippen molar-refractivity contribution in [2.45, 2.75) is 52.0 Å². The first kappa shape index (κ1) is 20.5. The summed E-state index contributed by atoms with van der Waals surface area (Å²) in [6.07, 6.45) is 6.80. The number of nitrogens with zero attached hydrogens (tertiary/aromatic N) is 2. The largest absolute Gasteiger partial charge is 0.352 e. The van der Waals surface area contributed by atoms with E-state index in [4.69, 9.17) is 0 Å². The van der Waals surface area contributed by atoms with Crippen LogP contribution in [0.3, 0.4) is 0 Å². The molecule has 0 spiro atoms. The highest BCUT2D eigenvalue weighted by molar-refractivity contribution is 5.93. The fourth-order valence-corrected chi connectivity index (χ4v) is 6.07. The third kappa shape index (κ3) is 3.84. The zero-order chi connectivity index (χ0) is 21.6. The molecule has 1 unspecified atom stereocenters. The summed E-state index contributed by atoms with van der Waals surface area (Å²) in [4.78, 5) is 29.9. The van der Waals surface area contributed by atoms with Gasteiger partial charge >= 0.3 is 0 Å². The number of hydrogen-bond acceptors (Lipinski definition) is 4. The Morgan fingerprint density at radius 2 is 2.13 bits per heavy atom. The number of nitrogens with one attached hydrogen (secondary N) is 3. The van der Waals surface area contributed by atoms with E-state index in [0.717, 1.165) is 37.9 Å². The summed E-state index contributed by atoms with van der Waals surface area (Å²) in [5.74, 6) is 2.05. The van der Waals surface area contributed by atoms with E-state index >= 15 is 0 Å². The van der Waals surface area contributed by atoms with E-state index in [1.54, 1.807) is 4.40 Å². The van der Waals surface area contributed by atoms with Gasteiger partial charge in [-0.1, -0.05) is 19.9 Å². The second-order valence-electron chi connectivity index (χ2n) is 10.2. The number of carbonyl (C=O) groups excluding carboxylic acids is 2. The van der Waals surface area contributed by atoms with Crippen molar-refractivity contribution >= 4 is 17.5 Å². The molecule has 0 aromatic carbocycles. The zero-order valence-corrected chi connectivity index (χ0v) is 18.5. The van der Waals surface area contributed by atoms with Gasteiger partial charge in [0, 0.05) is 25.3 Å². The summed E-state index contributed by atoms with van der Waals surface area (Å²) in [5, 5.41) is 9.48. The Kier molecular flexibility index (Phi) is 5.24. The predicted molar refractivity (Wildman–Crippen MR) is 119 cm³/mol. The van der Waals surface area contributed by atoms with E-state index in [1.807, 2.05) is 24.4 Å². The molecule has 1 aliphatic heterocycles. The first-order chi connectivity index (χ1) is 14.9.